The summed E-state index contributed by atoms with van der Waals surface area (Å²) in [6.07, 6.45) is 1.33. The highest BCUT2D eigenvalue weighted by Crippen LogP contribution is 2.32. The fraction of sp³-hybridized carbons (Fsp3) is 0.389. The number of amides is 1. The van der Waals surface area contributed by atoms with Crippen LogP contribution in [0.15, 0.2) is 23.1 Å². The van der Waals surface area contributed by atoms with E-state index in [2.05, 4.69) is 0 Å². The maximum atomic E-state index is 12.4. The zero-order valence-electron chi connectivity index (χ0n) is 14.7. The van der Waals surface area contributed by atoms with Crippen LogP contribution >= 0.6 is 0 Å². The van der Waals surface area contributed by atoms with Crippen molar-refractivity contribution in [3.05, 3.63) is 34.1 Å². The second kappa shape index (κ2) is 6.70. The first-order valence-electron chi connectivity index (χ1n) is 8.47. The number of hydrogen-bond acceptors (Lipinski definition) is 5. The van der Waals surface area contributed by atoms with Gasteiger partial charge in [0.2, 0.25) is 11.3 Å². The summed E-state index contributed by atoms with van der Waals surface area (Å²) in [5.74, 6) is -1.34. The van der Waals surface area contributed by atoms with Crippen molar-refractivity contribution in [2.75, 3.05) is 31.1 Å². The molecule has 0 radical (unpaired) electrons. The molecule has 1 aromatic heterocycles. The van der Waals surface area contributed by atoms with Gasteiger partial charge in [0.1, 0.15) is 11.3 Å². The van der Waals surface area contributed by atoms with Crippen molar-refractivity contribution in [2.24, 2.45) is 0 Å². The molecule has 0 spiro atoms. The van der Waals surface area contributed by atoms with Crippen molar-refractivity contribution in [1.82, 2.24) is 9.47 Å². The fourth-order valence-corrected chi connectivity index (χ4v) is 3.34. The van der Waals surface area contributed by atoms with Crippen LogP contribution in [-0.2, 0) is 11.3 Å². The lowest BCUT2D eigenvalue weighted by molar-refractivity contribution is -0.129. The van der Waals surface area contributed by atoms with Crippen molar-refractivity contribution >= 4 is 28.5 Å². The van der Waals surface area contributed by atoms with Crippen molar-refractivity contribution in [3.63, 3.8) is 0 Å². The number of aryl methyl sites for hydroxylation is 1. The minimum absolute atomic E-state index is 0.0217. The van der Waals surface area contributed by atoms with Gasteiger partial charge in [-0.3, -0.25) is 9.59 Å². The van der Waals surface area contributed by atoms with E-state index in [-0.39, 0.29) is 22.6 Å². The first-order valence-corrected chi connectivity index (χ1v) is 8.47. The molecule has 0 atom stereocenters. The molecule has 3 rings (SSSR count). The van der Waals surface area contributed by atoms with Crippen LogP contribution < -0.4 is 10.3 Å². The van der Waals surface area contributed by atoms with E-state index in [4.69, 9.17) is 0 Å². The summed E-state index contributed by atoms with van der Waals surface area (Å²) in [6.45, 7) is 6.14. The van der Waals surface area contributed by atoms with Crippen molar-refractivity contribution < 1.29 is 19.8 Å². The number of carbonyl (C=O) groups excluding carboxylic acids is 1. The number of phenolic OH excluding ortho intramolecular Hbond substituents is 1. The molecule has 26 heavy (non-hydrogen) atoms. The van der Waals surface area contributed by atoms with Gasteiger partial charge in [0.05, 0.1) is 16.6 Å². The Kier molecular flexibility index (Phi) is 4.58. The first kappa shape index (κ1) is 17.8. The summed E-state index contributed by atoms with van der Waals surface area (Å²) in [5.41, 5.74) is 0.219. The van der Waals surface area contributed by atoms with Crippen LogP contribution in [0.2, 0.25) is 0 Å². The highest BCUT2D eigenvalue weighted by atomic mass is 16.4. The second-order valence-electron chi connectivity index (χ2n) is 6.31. The van der Waals surface area contributed by atoms with E-state index in [9.17, 15) is 24.6 Å². The van der Waals surface area contributed by atoms with Gasteiger partial charge in [-0.15, -0.1) is 0 Å². The van der Waals surface area contributed by atoms with Crippen LogP contribution in [0.25, 0.3) is 10.9 Å². The minimum Gasteiger partial charge on any atom is -0.506 e. The smallest absolute Gasteiger partial charge is 0.341 e. The van der Waals surface area contributed by atoms with E-state index in [1.807, 2.05) is 11.8 Å². The Bertz CT molecular complexity index is 942. The van der Waals surface area contributed by atoms with Crippen molar-refractivity contribution in [1.29, 1.82) is 0 Å². The van der Waals surface area contributed by atoms with Crippen LogP contribution in [0, 0.1) is 0 Å². The molecule has 138 valence electrons. The van der Waals surface area contributed by atoms with E-state index in [1.165, 1.54) is 19.2 Å². The molecule has 8 heteroatoms. The molecule has 2 heterocycles. The number of anilines is 1. The number of nitrogens with zero attached hydrogens (tertiary/aromatic N) is 3. The number of fused-ring (bicyclic) bond motifs is 1. The number of aromatic hydroxyl groups is 1. The van der Waals surface area contributed by atoms with Gasteiger partial charge in [0, 0.05) is 45.8 Å². The normalized spacial score (nSPS) is 14.7. The summed E-state index contributed by atoms with van der Waals surface area (Å²) in [6, 6.07) is 3.05. The van der Waals surface area contributed by atoms with Gasteiger partial charge >= 0.3 is 5.97 Å². The number of aromatic carboxylic acids is 1. The zero-order valence-corrected chi connectivity index (χ0v) is 14.7. The Labute approximate surface area is 149 Å². The number of piperazine rings is 1. The average molecular weight is 359 g/mol. The Balaban J connectivity index is 2.08. The van der Waals surface area contributed by atoms with Gasteiger partial charge in [-0.25, -0.2) is 4.79 Å². The SMILES string of the molecule is CCn1cc(C(=O)O)c(=O)c2cc(O)c(N3CCN(C(C)=O)CC3)cc21. The lowest BCUT2D eigenvalue weighted by atomic mass is 10.1. The predicted octanol–water partition coefficient (Wildman–Crippen LogP) is 1.09. The number of aromatic nitrogens is 1. The topological polar surface area (TPSA) is 103 Å². The Morgan fingerprint density at radius 3 is 2.35 bits per heavy atom. The lowest BCUT2D eigenvalue weighted by Gasteiger charge is -2.36. The molecule has 1 aliphatic rings. The third-order valence-corrected chi connectivity index (χ3v) is 4.81. The van der Waals surface area contributed by atoms with Gasteiger partial charge in [-0.05, 0) is 19.1 Å². The van der Waals surface area contributed by atoms with E-state index >= 15 is 0 Å². The van der Waals surface area contributed by atoms with Crippen LogP contribution in [0.1, 0.15) is 24.2 Å². The minimum atomic E-state index is -1.29. The molecule has 0 saturated carbocycles. The van der Waals surface area contributed by atoms with E-state index in [0.29, 0.717) is 43.9 Å². The monoisotopic (exact) mass is 359 g/mol. The van der Waals surface area contributed by atoms with Gasteiger partial charge < -0.3 is 24.6 Å². The number of benzene rings is 1. The number of phenols is 1. The molecular weight excluding hydrogens is 338 g/mol. The van der Waals surface area contributed by atoms with E-state index in [1.54, 1.807) is 15.5 Å². The predicted molar refractivity (Wildman–Crippen MR) is 97.0 cm³/mol. The molecular formula is C18H21N3O5. The lowest BCUT2D eigenvalue weighted by Crippen LogP contribution is -2.48. The maximum absolute atomic E-state index is 12.4. The molecule has 2 aromatic rings. The molecule has 1 amide bonds. The molecule has 0 aliphatic carbocycles. The average Bonchev–Trinajstić information content (AvgIpc) is 2.62. The molecule has 1 saturated heterocycles. The van der Waals surface area contributed by atoms with Crippen molar-refractivity contribution in [3.8, 4) is 5.75 Å². The Morgan fingerprint density at radius 2 is 1.81 bits per heavy atom. The molecule has 0 bridgehead atoms. The quantitative estimate of drug-likeness (QED) is 0.850. The van der Waals surface area contributed by atoms with Gasteiger partial charge in [-0.2, -0.15) is 0 Å². The van der Waals surface area contributed by atoms with Crippen LogP contribution in [0.5, 0.6) is 5.75 Å². The van der Waals surface area contributed by atoms with Crippen LogP contribution in [0.3, 0.4) is 0 Å². The van der Waals surface area contributed by atoms with Gasteiger partial charge in [0.15, 0.2) is 0 Å². The molecule has 1 fully saturated rings. The highest BCUT2D eigenvalue weighted by molar-refractivity contribution is 5.94. The van der Waals surface area contributed by atoms with E-state index in [0.717, 1.165) is 0 Å². The van der Waals surface area contributed by atoms with Crippen LogP contribution in [-0.4, -0.2) is 57.7 Å². The Hall–Kier alpha value is -3.03. The standard InChI is InChI=1S/C18H21N3O5/c1-3-19-10-13(18(25)26)17(24)12-8-16(23)15(9-14(12)19)21-6-4-20(5-7-21)11(2)22/h8-10,23H,3-7H2,1-2H3,(H,25,26). The third-order valence-electron chi connectivity index (χ3n) is 4.81. The van der Waals surface area contributed by atoms with Crippen molar-refractivity contribution in [2.45, 2.75) is 20.4 Å². The molecule has 1 aliphatic heterocycles. The first-order chi connectivity index (χ1) is 12.3. The number of carbonyl (C=O) groups is 2. The zero-order chi connectivity index (χ0) is 19.0. The van der Waals surface area contributed by atoms with Gasteiger partial charge in [0.25, 0.3) is 0 Å². The summed E-state index contributed by atoms with van der Waals surface area (Å²) < 4.78 is 1.69. The largest absolute Gasteiger partial charge is 0.506 e. The number of pyridine rings is 1. The number of carboxylic acid groups (broad SMARTS) is 1. The van der Waals surface area contributed by atoms with Gasteiger partial charge in [-0.1, -0.05) is 0 Å². The molecule has 8 nitrogen and oxygen atoms in total. The summed E-state index contributed by atoms with van der Waals surface area (Å²) >= 11 is 0. The summed E-state index contributed by atoms with van der Waals surface area (Å²) in [7, 11) is 0. The number of hydrogen-bond donors (Lipinski definition) is 2. The second-order valence-corrected chi connectivity index (χ2v) is 6.31. The van der Waals surface area contributed by atoms with E-state index < -0.39 is 11.4 Å². The Morgan fingerprint density at radius 1 is 1.15 bits per heavy atom. The number of rotatable bonds is 3. The molecule has 2 N–H and O–H groups in total. The summed E-state index contributed by atoms with van der Waals surface area (Å²) in [5, 5.41) is 19.8. The number of carboxylic acids is 1. The maximum Gasteiger partial charge on any atom is 0.341 e. The third kappa shape index (κ3) is 2.98. The summed E-state index contributed by atoms with van der Waals surface area (Å²) in [4.78, 5) is 38.9. The molecule has 1 aromatic carbocycles. The molecule has 0 unspecified atom stereocenters. The van der Waals surface area contributed by atoms with Crippen LogP contribution in [0.4, 0.5) is 5.69 Å². The fourth-order valence-electron chi connectivity index (χ4n) is 3.34. The highest BCUT2D eigenvalue weighted by Gasteiger charge is 2.23.